The summed E-state index contributed by atoms with van der Waals surface area (Å²) in [5.41, 5.74) is 2.45. The molecule has 3 heteroatoms. The Balaban J connectivity index is 1.95. The number of fused-ring (bicyclic) bond motifs is 2. The number of hydrogen-bond acceptors (Lipinski definition) is 3. The van der Waals surface area contributed by atoms with Crippen molar-refractivity contribution in [2.75, 3.05) is 11.9 Å². The predicted molar refractivity (Wildman–Crippen MR) is 82.6 cm³/mol. The van der Waals surface area contributed by atoms with Gasteiger partial charge in [-0.25, -0.2) is 4.98 Å². The second kappa shape index (κ2) is 4.21. The molecule has 4 rings (SSSR count). The van der Waals surface area contributed by atoms with Crippen LogP contribution in [0.2, 0.25) is 0 Å². The topological polar surface area (TPSA) is 24.9 Å². The minimum absolute atomic E-state index is 0.857. The number of aromatic nitrogens is 1. The molecule has 92 valence electrons. The zero-order valence-corrected chi connectivity index (χ0v) is 11.1. The molecule has 0 radical (unpaired) electrons. The molecule has 0 saturated heterocycles. The van der Waals surface area contributed by atoms with Crippen LogP contribution in [0.15, 0.2) is 48.7 Å². The number of nitrogens with zero attached hydrogens (tertiary/aromatic N) is 1. The Morgan fingerprint density at radius 1 is 1.16 bits per heavy atom. The van der Waals surface area contributed by atoms with Gasteiger partial charge in [0.25, 0.3) is 0 Å². The summed E-state index contributed by atoms with van der Waals surface area (Å²) in [5.74, 6) is 0.984. The van der Waals surface area contributed by atoms with Crippen molar-refractivity contribution in [3.63, 3.8) is 0 Å². The van der Waals surface area contributed by atoms with Gasteiger partial charge < -0.3 is 5.32 Å². The summed E-state index contributed by atoms with van der Waals surface area (Å²) in [6, 6.07) is 12.9. The third kappa shape index (κ3) is 1.74. The van der Waals surface area contributed by atoms with E-state index in [1.54, 1.807) is 0 Å². The Bertz CT molecular complexity index is 753. The summed E-state index contributed by atoms with van der Waals surface area (Å²) in [7, 11) is 0. The molecule has 0 spiro atoms. The van der Waals surface area contributed by atoms with E-state index in [1.165, 1.54) is 26.1 Å². The fourth-order valence-electron chi connectivity index (χ4n) is 2.44. The first-order valence-corrected chi connectivity index (χ1v) is 7.12. The van der Waals surface area contributed by atoms with E-state index in [4.69, 9.17) is 0 Å². The number of nitrogens with one attached hydrogen (secondary N) is 1. The van der Waals surface area contributed by atoms with Gasteiger partial charge in [0.15, 0.2) is 0 Å². The summed E-state index contributed by atoms with van der Waals surface area (Å²) in [6.07, 6.45) is 6.18. The normalized spacial score (nSPS) is 13.3. The average molecular weight is 264 g/mol. The van der Waals surface area contributed by atoms with Gasteiger partial charge in [-0.1, -0.05) is 30.4 Å². The summed E-state index contributed by atoms with van der Waals surface area (Å²) >= 11 is 1.83. The lowest BCUT2D eigenvalue weighted by atomic mass is 10.0. The highest BCUT2D eigenvalue weighted by Gasteiger charge is 2.13. The van der Waals surface area contributed by atoms with Gasteiger partial charge in [-0.15, -0.1) is 11.3 Å². The summed E-state index contributed by atoms with van der Waals surface area (Å²) in [4.78, 5) is 5.70. The van der Waals surface area contributed by atoms with Gasteiger partial charge in [-0.05, 0) is 23.6 Å². The molecule has 2 nitrogen and oxygen atoms in total. The molecule has 1 aliphatic heterocycles. The van der Waals surface area contributed by atoms with Crippen molar-refractivity contribution in [2.45, 2.75) is 0 Å². The van der Waals surface area contributed by atoms with Crippen molar-refractivity contribution in [1.29, 1.82) is 0 Å². The van der Waals surface area contributed by atoms with Crippen molar-refractivity contribution < 1.29 is 0 Å². The smallest absolute Gasteiger partial charge is 0.134 e. The number of benzene rings is 1. The number of hydrogen-bond donors (Lipinski definition) is 1. The van der Waals surface area contributed by atoms with E-state index in [0.29, 0.717) is 0 Å². The average Bonchev–Trinajstić information content (AvgIpc) is 2.90. The lowest BCUT2D eigenvalue weighted by Crippen LogP contribution is -2.06. The Morgan fingerprint density at radius 3 is 3.05 bits per heavy atom. The summed E-state index contributed by atoms with van der Waals surface area (Å²) < 4.78 is 1.33. The van der Waals surface area contributed by atoms with E-state index in [0.717, 1.165) is 12.4 Å². The molecule has 0 amide bonds. The Hall–Kier alpha value is -2.13. The van der Waals surface area contributed by atoms with Crippen molar-refractivity contribution >= 4 is 33.3 Å². The first-order valence-electron chi connectivity index (χ1n) is 6.30. The summed E-state index contributed by atoms with van der Waals surface area (Å²) in [5, 5.41) is 4.62. The number of thiophene rings is 1. The van der Waals surface area contributed by atoms with Gasteiger partial charge in [0.05, 0.1) is 0 Å². The molecule has 0 aliphatic carbocycles. The predicted octanol–water partition coefficient (Wildman–Crippen LogP) is 4.40. The minimum atomic E-state index is 0.857. The van der Waals surface area contributed by atoms with Gasteiger partial charge in [-0.2, -0.15) is 0 Å². The van der Waals surface area contributed by atoms with Crippen LogP contribution in [0.1, 0.15) is 5.56 Å². The lowest BCUT2D eigenvalue weighted by molar-refractivity contribution is 1.21. The second-order valence-electron chi connectivity index (χ2n) is 4.55. The third-order valence-electron chi connectivity index (χ3n) is 3.35. The first-order chi connectivity index (χ1) is 9.42. The zero-order valence-electron chi connectivity index (χ0n) is 10.3. The molecule has 0 atom stereocenters. The molecule has 3 heterocycles. The van der Waals surface area contributed by atoms with E-state index in [9.17, 15) is 0 Å². The largest absolute Gasteiger partial charge is 0.366 e. The van der Waals surface area contributed by atoms with Crippen molar-refractivity contribution in [2.24, 2.45) is 0 Å². The maximum atomic E-state index is 4.40. The maximum absolute atomic E-state index is 4.40. The van der Waals surface area contributed by atoms with Crippen LogP contribution in [-0.2, 0) is 0 Å². The standard InChI is InChI=1S/C16H12N2S/c1-2-6-14-11(4-1)10-15(19-14)12-7-9-18-16-13(12)5-3-8-17-16/h1-7,9-10H,8H2,(H,17,18). The van der Waals surface area contributed by atoms with Gasteiger partial charge in [0.2, 0.25) is 0 Å². The molecular weight excluding hydrogens is 252 g/mol. The van der Waals surface area contributed by atoms with E-state index in [-0.39, 0.29) is 0 Å². The Kier molecular flexibility index (Phi) is 2.38. The van der Waals surface area contributed by atoms with E-state index in [2.05, 4.69) is 58.9 Å². The Labute approximate surface area is 115 Å². The number of rotatable bonds is 1. The highest BCUT2D eigenvalue weighted by Crippen LogP contribution is 2.37. The second-order valence-corrected chi connectivity index (χ2v) is 5.64. The zero-order chi connectivity index (χ0) is 12.7. The molecule has 1 aliphatic rings. The SMILES string of the molecule is C1=Cc2c(-c3cc4ccccc4s3)ccnc2NC1. The van der Waals surface area contributed by atoms with Crippen molar-refractivity contribution in [1.82, 2.24) is 4.98 Å². The van der Waals surface area contributed by atoms with E-state index >= 15 is 0 Å². The molecule has 0 unspecified atom stereocenters. The molecule has 1 aromatic carbocycles. The monoisotopic (exact) mass is 264 g/mol. The fourth-order valence-corrected chi connectivity index (χ4v) is 3.55. The quantitative estimate of drug-likeness (QED) is 0.704. The summed E-state index contributed by atoms with van der Waals surface area (Å²) in [6.45, 7) is 0.857. The van der Waals surface area contributed by atoms with Gasteiger partial charge in [-0.3, -0.25) is 0 Å². The Morgan fingerprint density at radius 2 is 2.11 bits per heavy atom. The lowest BCUT2D eigenvalue weighted by Gasteiger charge is -2.14. The fraction of sp³-hybridized carbons (Fsp3) is 0.0625. The highest BCUT2D eigenvalue weighted by molar-refractivity contribution is 7.22. The highest BCUT2D eigenvalue weighted by atomic mass is 32.1. The van der Waals surface area contributed by atoms with E-state index < -0.39 is 0 Å². The molecule has 2 aromatic heterocycles. The van der Waals surface area contributed by atoms with Crippen LogP contribution in [0, 0.1) is 0 Å². The molecule has 19 heavy (non-hydrogen) atoms. The van der Waals surface area contributed by atoms with E-state index in [1.807, 2.05) is 17.5 Å². The van der Waals surface area contributed by atoms with Crippen LogP contribution in [-0.4, -0.2) is 11.5 Å². The first kappa shape index (κ1) is 10.8. The van der Waals surface area contributed by atoms with Crippen molar-refractivity contribution in [3.05, 3.63) is 54.2 Å². The third-order valence-corrected chi connectivity index (χ3v) is 4.50. The molecule has 0 bridgehead atoms. The van der Waals surface area contributed by atoms with Crippen LogP contribution in [0.3, 0.4) is 0 Å². The van der Waals surface area contributed by atoms with Crippen LogP contribution in [0.25, 0.3) is 26.6 Å². The number of anilines is 1. The maximum Gasteiger partial charge on any atom is 0.134 e. The minimum Gasteiger partial charge on any atom is -0.366 e. The van der Waals surface area contributed by atoms with Crippen LogP contribution >= 0.6 is 11.3 Å². The molecular formula is C16H12N2S. The van der Waals surface area contributed by atoms with Crippen LogP contribution < -0.4 is 5.32 Å². The molecule has 0 saturated carbocycles. The van der Waals surface area contributed by atoms with Gasteiger partial charge in [0.1, 0.15) is 5.82 Å². The van der Waals surface area contributed by atoms with Crippen LogP contribution in [0.4, 0.5) is 5.82 Å². The van der Waals surface area contributed by atoms with Gasteiger partial charge in [0, 0.05) is 33.4 Å². The molecule has 1 N–H and O–H groups in total. The number of pyridine rings is 1. The van der Waals surface area contributed by atoms with Gasteiger partial charge >= 0.3 is 0 Å². The molecule has 3 aromatic rings. The van der Waals surface area contributed by atoms with Crippen molar-refractivity contribution in [3.8, 4) is 10.4 Å². The van der Waals surface area contributed by atoms with Crippen LogP contribution in [0.5, 0.6) is 0 Å². The molecule has 0 fully saturated rings.